The third kappa shape index (κ3) is 4.12. The molecule has 0 saturated heterocycles. The monoisotopic (exact) mass is 281 g/mol. The number of rotatable bonds is 6. The Kier molecular flexibility index (Phi) is 5.44. The quantitative estimate of drug-likeness (QED) is 0.711. The van der Waals surface area contributed by atoms with E-state index in [1.54, 1.807) is 7.11 Å². The predicted octanol–water partition coefficient (Wildman–Crippen LogP) is 4.71. The molecule has 0 radical (unpaired) electrons. The van der Waals surface area contributed by atoms with E-state index in [0.717, 1.165) is 18.8 Å². The lowest BCUT2D eigenvalue weighted by Crippen LogP contribution is -2.21. The van der Waals surface area contributed by atoms with Gasteiger partial charge in [0, 0.05) is 18.8 Å². The van der Waals surface area contributed by atoms with E-state index in [4.69, 9.17) is 4.74 Å². The van der Waals surface area contributed by atoms with Gasteiger partial charge in [0.1, 0.15) is 5.75 Å². The molecular weight excluding hydrogens is 258 g/mol. The van der Waals surface area contributed by atoms with Crippen LogP contribution in [0.5, 0.6) is 5.75 Å². The zero-order valence-corrected chi connectivity index (χ0v) is 13.0. The van der Waals surface area contributed by atoms with Gasteiger partial charge in [-0.15, -0.1) is 0 Å². The summed E-state index contributed by atoms with van der Waals surface area (Å²) in [4.78, 5) is 2.34. The number of benzene rings is 2. The fourth-order valence-corrected chi connectivity index (χ4v) is 2.29. The van der Waals surface area contributed by atoms with Gasteiger partial charge < -0.3 is 9.64 Å². The normalized spacial score (nSPS) is 10.8. The topological polar surface area (TPSA) is 12.5 Å². The standard InChI is InChI=1S/C19H23NO/c1-4-20(5-2)18-12-8-16(9-13-18)6-7-17-10-14-19(21-3)15-11-17/h6-15H,4-5H2,1-3H3/b7-6+. The first kappa shape index (κ1) is 15.2. The molecule has 0 saturated carbocycles. The Bertz CT molecular complexity index is 566. The molecule has 110 valence electrons. The predicted molar refractivity (Wildman–Crippen MR) is 91.9 cm³/mol. The third-order valence-corrected chi connectivity index (χ3v) is 3.61. The number of ether oxygens (including phenoxy) is 1. The smallest absolute Gasteiger partial charge is 0.118 e. The summed E-state index contributed by atoms with van der Waals surface area (Å²) in [5.41, 5.74) is 3.66. The zero-order valence-electron chi connectivity index (χ0n) is 13.0. The molecule has 0 atom stereocenters. The van der Waals surface area contributed by atoms with E-state index in [9.17, 15) is 0 Å². The Morgan fingerprint density at radius 3 is 1.71 bits per heavy atom. The molecule has 0 amide bonds. The largest absolute Gasteiger partial charge is 0.497 e. The third-order valence-electron chi connectivity index (χ3n) is 3.61. The van der Waals surface area contributed by atoms with E-state index in [2.05, 4.69) is 67.3 Å². The van der Waals surface area contributed by atoms with Crippen LogP contribution in [0, 0.1) is 0 Å². The van der Waals surface area contributed by atoms with Gasteiger partial charge in [-0.2, -0.15) is 0 Å². The summed E-state index contributed by atoms with van der Waals surface area (Å²) in [5, 5.41) is 0. The first-order chi connectivity index (χ1) is 10.3. The molecule has 0 spiro atoms. The number of methoxy groups -OCH3 is 1. The van der Waals surface area contributed by atoms with Gasteiger partial charge in [-0.05, 0) is 49.2 Å². The van der Waals surface area contributed by atoms with Crippen LogP contribution in [0.2, 0.25) is 0 Å². The Hall–Kier alpha value is -2.22. The van der Waals surface area contributed by atoms with Gasteiger partial charge in [0.05, 0.1) is 7.11 Å². The maximum atomic E-state index is 5.16. The van der Waals surface area contributed by atoms with Gasteiger partial charge in [0.15, 0.2) is 0 Å². The highest BCUT2D eigenvalue weighted by Crippen LogP contribution is 2.17. The van der Waals surface area contributed by atoms with Crippen molar-refractivity contribution < 1.29 is 4.74 Å². The first-order valence-electron chi connectivity index (χ1n) is 7.44. The van der Waals surface area contributed by atoms with Gasteiger partial charge in [0.25, 0.3) is 0 Å². The summed E-state index contributed by atoms with van der Waals surface area (Å²) in [7, 11) is 1.68. The van der Waals surface area contributed by atoms with Crippen LogP contribution < -0.4 is 9.64 Å². The maximum Gasteiger partial charge on any atom is 0.118 e. The summed E-state index contributed by atoms with van der Waals surface area (Å²) in [6.45, 7) is 6.44. The van der Waals surface area contributed by atoms with Crippen LogP contribution in [0.3, 0.4) is 0 Å². The number of hydrogen-bond acceptors (Lipinski definition) is 2. The van der Waals surface area contributed by atoms with Crippen molar-refractivity contribution in [2.45, 2.75) is 13.8 Å². The zero-order chi connectivity index (χ0) is 15.1. The van der Waals surface area contributed by atoms with Gasteiger partial charge in [0.2, 0.25) is 0 Å². The van der Waals surface area contributed by atoms with Crippen molar-refractivity contribution in [3.63, 3.8) is 0 Å². The van der Waals surface area contributed by atoms with Gasteiger partial charge in [-0.3, -0.25) is 0 Å². The molecule has 0 bridgehead atoms. The maximum absolute atomic E-state index is 5.16. The molecule has 0 aliphatic heterocycles. The Morgan fingerprint density at radius 2 is 1.29 bits per heavy atom. The minimum atomic E-state index is 0.885. The SMILES string of the molecule is CCN(CC)c1ccc(/C=C/c2ccc(OC)cc2)cc1. The van der Waals surface area contributed by atoms with Crippen molar-refractivity contribution >= 4 is 17.8 Å². The summed E-state index contributed by atoms with van der Waals surface area (Å²) >= 11 is 0. The van der Waals surface area contributed by atoms with Crippen molar-refractivity contribution in [2.24, 2.45) is 0 Å². The Labute approximate surface area is 127 Å². The summed E-state index contributed by atoms with van der Waals surface area (Å²) in [6, 6.07) is 16.7. The molecule has 2 rings (SSSR count). The van der Waals surface area contributed by atoms with Crippen LogP contribution in [0.15, 0.2) is 48.5 Å². The van der Waals surface area contributed by atoms with E-state index < -0.39 is 0 Å². The average Bonchev–Trinajstić information content (AvgIpc) is 2.55. The lowest BCUT2D eigenvalue weighted by atomic mass is 10.1. The van der Waals surface area contributed by atoms with Gasteiger partial charge >= 0.3 is 0 Å². The summed E-state index contributed by atoms with van der Waals surface area (Å²) in [6.07, 6.45) is 4.25. The molecular formula is C19H23NO. The van der Waals surface area contributed by atoms with Crippen LogP contribution in [-0.2, 0) is 0 Å². The second kappa shape index (κ2) is 7.53. The molecule has 0 aliphatic rings. The fourth-order valence-electron chi connectivity index (χ4n) is 2.29. The van der Waals surface area contributed by atoms with E-state index in [1.165, 1.54) is 16.8 Å². The molecule has 21 heavy (non-hydrogen) atoms. The van der Waals surface area contributed by atoms with Crippen molar-refractivity contribution in [2.75, 3.05) is 25.1 Å². The molecule has 0 heterocycles. The van der Waals surface area contributed by atoms with Gasteiger partial charge in [-0.25, -0.2) is 0 Å². The van der Waals surface area contributed by atoms with Crippen molar-refractivity contribution in [1.29, 1.82) is 0 Å². The van der Waals surface area contributed by atoms with E-state index >= 15 is 0 Å². The van der Waals surface area contributed by atoms with Crippen LogP contribution in [0.1, 0.15) is 25.0 Å². The lowest BCUT2D eigenvalue weighted by molar-refractivity contribution is 0.415. The number of anilines is 1. The van der Waals surface area contributed by atoms with E-state index in [1.807, 2.05) is 12.1 Å². The molecule has 2 aromatic carbocycles. The summed E-state index contributed by atoms with van der Waals surface area (Å²) < 4.78 is 5.16. The minimum Gasteiger partial charge on any atom is -0.497 e. The van der Waals surface area contributed by atoms with Crippen molar-refractivity contribution in [3.05, 3.63) is 59.7 Å². The average molecular weight is 281 g/mol. The Morgan fingerprint density at radius 1 is 0.810 bits per heavy atom. The molecule has 2 heteroatoms. The lowest BCUT2D eigenvalue weighted by Gasteiger charge is -2.20. The Balaban J connectivity index is 2.06. The number of nitrogens with zero attached hydrogens (tertiary/aromatic N) is 1. The van der Waals surface area contributed by atoms with Crippen LogP contribution in [0.25, 0.3) is 12.2 Å². The summed E-state index contributed by atoms with van der Waals surface area (Å²) in [5.74, 6) is 0.885. The molecule has 0 N–H and O–H groups in total. The highest BCUT2D eigenvalue weighted by Gasteiger charge is 2.00. The first-order valence-corrected chi connectivity index (χ1v) is 7.44. The second-order valence-electron chi connectivity index (χ2n) is 4.87. The van der Waals surface area contributed by atoms with Crippen molar-refractivity contribution in [3.8, 4) is 5.75 Å². The molecule has 0 aromatic heterocycles. The molecule has 0 unspecified atom stereocenters. The highest BCUT2D eigenvalue weighted by atomic mass is 16.5. The van der Waals surface area contributed by atoms with E-state index in [0.29, 0.717) is 0 Å². The van der Waals surface area contributed by atoms with Crippen LogP contribution >= 0.6 is 0 Å². The van der Waals surface area contributed by atoms with E-state index in [-0.39, 0.29) is 0 Å². The minimum absolute atomic E-state index is 0.885. The highest BCUT2D eigenvalue weighted by molar-refractivity contribution is 5.70. The molecule has 2 nitrogen and oxygen atoms in total. The van der Waals surface area contributed by atoms with Crippen LogP contribution in [0.4, 0.5) is 5.69 Å². The molecule has 0 fully saturated rings. The van der Waals surface area contributed by atoms with Crippen LogP contribution in [-0.4, -0.2) is 20.2 Å². The van der Waals surface area contributed by atoms with Gasteiger partial charge in [-0.1, -0.05) is 36.4 Å². The number of hydrogen-bond donors (Lipinski definition) is 0. The molecule has 0 aliphatic carbocycles. The fraction of sp³-hybridized carbons (Fsp3) is 0.263. The van der Waals surface area contributed by atoms with Crippen molar-refractivity contribution in [1.82, 2.24) is 0 Å². The molecule has 2 aromatic rings. The second-order valence-corrected chi connectivity index (χ2v) is 4.87.